The average Bonchev–Trinajstić information content (AvgIpc) is 2.95. The molecule has 4 aliphatic carbocycles. The van der Waals surface area contributed by atoms with E-state index in [-0.39, 0.29) is 49.7 Å². The molecule has 0 amide bonds. The van der Waals surface area contributed by atoms with E-state index in [4.69, 9.17) is 0 Å². The maximum Gasteiger partial charge on any atom is 0.311 e. The summed E-state index contributed by atoms with van der Waals surface area (Å²) in [4.78, 5) is 92.1. The summed E-state index contributed by atoms with van der Waals surface area (Å²) in [6.45, 7) is 3.08. The van der Waals surface area contributed by atoms with Crippen LogP contribution in [0.5, 0.6) is 0 Å². The van der Waals surface area contributed by atoms with E-state index in [1.54, 1.807) is 0 Å². The number of fused-ring (bicyclic) bond motifs is 2. The van der Waals surface area contributed by atoms with Crippen LogP contribution in [0.15, 0.2) is 22.3 Å². The van der Waals surface area contributed by atoms with Crippen LogP contribution in [0.2, 0.25) is 0 Å². The minimum Gasteiger partial charge on any atom is -0.481 e. The molecule has 2 saturated carbocycles. The summed E-state index contributed by atoms with van der Waals surface area (Å²) >= 11 is 0. The van der Waals surface area contributed by atoms with E-state index in [0.29, 0.717) is 11.1 Å². The number of hydrogen-bond donors (Lipinski definition) is 8. The molecule has 0 radical (unpaired) electrons. The SMILES string of the molecule is CC1=C2C(=C(C)CC(C(=O)O)C2C(=O)O)C(C(=O)O)C(C(=O)O)C1.O=C(O)C1CCC(C(=O)O)C2C(C(=O)O)CCC(C(=O)O)C12. The van der Waals surface area contributed by atoms with Gasteiger partial charge in [-0.05, 0) is 75.4 Å². The van der Waals surface area contributed by atoms with Gasteiger partial charge in [-0.2, -0.15) is 0 Å². The minimum atomic E-state index is -1.38. The third-order valence-electron chi connectivity index (χ3n) is 10.0. The lowest BCUT2D eigenvalue weighted by Gasteiger charge is -2.48. The van der Waals surface area contributed by atoms with Crippen molar-refractivity contribution < 1.29 is 79.2 Å². The number of aliphatic carboxylic acids is 8. The van der Waals surface area contributed by atoms with Crippen molar-refractivity contribution in [2.75, 3.05) is 0 Å². The zero-order chi connectivity index (χ0) is 34.9. The molecule has 8 N–H and O–H groups in total. The van der Waals surface area contributed by atoms with Crippen LogP contribution in [-0.4, -0.2) is 88.6 Å². The molecule has 16 heteroatoms. The minimum absolute atomic E-state index is 0.0591. The number of carboxylic acid groups (broad SMARTS) is 8. The molecule has 0 spiro atoms. The fourth-order valence-corrected chi connectivity index (χ4v) is 8.17. The second-order valence-corrected chi connectivity index (χ2v) is 12.4. The Morgan fingerprint density at radius 1 is 0.391 bits per heavy atom. The maximum atomic E-state index is 11.7. The largest absolute Gasteiger partial charge is 0.481 e. The standard InChI is InChI=1S/C16H18O8.C14H18O8/c1-5-3-7(13(17)18)12(16(23)24)10-6(2)4-8(14(19)20)11(9(5)10)15(21)22;15-11(16)5-1-2-6(12(17)18)10-8(14(21)22)4-3-7(9(5)10)13(19)20/h7-8,11-12H,3-4H2,1-2H3,(H,17,18)(H,19,20)(H,21,22)(H,23,24);5-10H,1-4H2,(H,15,16)(H,17,18)(H,19,20)(H,21,22). The maximum absolute atomic E-state index is 11.7. The van der Waals surface area contributed by atoms with Crippen LogP contribution in [0.4, 0.5) is 0 Å². The molecule has 0 aromatic heterocycles. The van der Waals surface area contributed by atoms with E-state index in [1.165, 1.54) is 13.8 Å². The highest BCUT2D eigenvalue weighted by Gasteiger charge is 2.57. The van der Waals surface area contributed by atoms with Crippen molar-refractivity contribution in [3.05, 3.63) is 22.3 Å². The number of hydrogen-bond acceptors (Lipinski definition) is 8. The van der Waals surface area contributed by atoms with Gasteiger partial charge in [0.1, 0.15) is 0 Å². The first-order valence-corrected chi connectivity index (χ1v) is 14.5. The summed E-state index contributed by atoms with van der Waals surface area (Å²) in [5.74, 6) is -21.1. The van der Waals surface area contributed by atoms with Gasteiger partial charge in [-0.15, -0.1) is 0 Å². The molecule has 2 fully saturated rings. The predicted molar refractivity (Wildman–Crippen MR) is 149 cm³/mol. The van der Waals surface area contributed by atoms with Crippen molar-refractivity contribution in [1.82, 2.24) is 0 Å². The lowest BCUT2D eigenvalue weighted by Crippen LogP contribution is -2.53. The van der Waals surface area contributed by atoms with Gasteiger partial charge in [0.15, 0.2) is 0 Å². The highest BCUT2D eigenvalue weighted by atomic mass is 16.4. The van der Waals surface area contributed by atoms with Crippen molar-refractivity contribution in [1.29, 1.82) is 0 Å². The Kier molecular flexibility index (Phi) is 10.6. The van der Waals surface area contributed by atoms with E-state index in [1.807, 2.05) is 0 Å². The average molecular weight is 653 g/mol. The highest BCUT2D eigenvalue weighted by molar-refractivity contribution is 5.90. The molecule has 8 unspecified atom stereocenters. The van der Waals surface area contributed by atoms with Crippen molar-refractivity contribution >= 4 is 47.8 Å². The van der Waals surface area contributed by atoms with Gasteiger partial charge >= 0.3 is 47.8 Å². The van der Waals surface area contributed by atoms with E-state index in [9.17, 15) is 79.2 Å². The predicted octanol–water partition coefficient (Wildman–Crippen LogP) is 1.84. The molecule has 16 nitrogen and oxygen atoms in total. The van der Waals surface area contributed by atoms with Gasteiger partial charge in [-0.3, -0.25) is 38.4 Å². The molecule has 8 atom stereocenters. The van der Waals surface area contributed by atoms with Gasteiger partial charge in [-0.1, -0.05) is 11.1 Å². The van der Waals surface area contributed by atoms with E-state index in [0.717, 1.165) is 0 Å². The van der Waals surface area contributed by atoms with Crippen molar-refractivity contribution in [2.24, 2.45) is 59.2 Å². The second kappa shape index (κ2) is 13.7. The van der Waals surface area contributed by atoms with E-state index < -0.39 is 107 Å². The Morgan fingerprint density at radius 2 is 0.609 bits per heavy atom. The summed E-state index contributed by atoms with van der Waals surface area (Å²) in [6.07, 6.45) is 0.00338. The van der Waals surface area contributed by atoms with Gasteiger partial charge in [0.25, 0.3) is 0 Å². The van der Waals surface area contributed by atoms with Crippen LogP contribution >= 0.6 is 0 Å². The quantitative estimate of drug-likeness (QED) is 0.185. The molecule has 4 rings (SSSR count). The lowest BCUT2D eigenvalue weighted by molar-refractivity contribution is -0.174. The summed E-state index contributed by atoms with van der Waals surface area (Å²) in [5, 5.41) is 75.1. The molecular formula is C30H36O16. The Morgan fingerprint density at radius 3 is 0.783 bits per heavy atom. The molecule has 252 valence electrons. The first kappa shape index (κ1) is 35.7. The molecule has 0 heterocycles. The first-order chi connectivity index (χ1) is 21.3. The van der Waals surface area contributed by atoms with Crippen molar-refractivity contribution in [3.63, 3.8) is 0 Å². The molecule has 46 heavy (non-hydrogen) atoms. The summed E-state index contributed by atoms with van der Waals surface area (Å²) < 4.78 is 0. The van der Waals surface area contributed by atoms with Crippen molar-refractivity contribution in [3.8, 4) is 0 Å². The summed E-state index contributed by atoms with van der Waals surface area (Å²) in [5.41, 5.74) is 1.19. The number of carbonyl (C=O) groups is 8. The van der Waals surface area contributed by atoms with Crippen LogP contribution in [0, 0.1) is 59.2 Å². The number of allylic oxidation sites excluding steroid dienone is 2. The molecule has 0 aromatic rings. The van der Waals surface area contributed by atoms with Gasteiger partial charge < -0.3 is 40.9 Å². The van der Waals surface area contributed by atoms with Crippen LogP contribution < -0.4 is 0 Å². The normalized spacial score (nSPS) is 33.7. The van der Waals surface area contributed by atoms with E-state index in [2.05, 4.69) is 0 Å². The summed E-state index contributed by atoms with van der Waals surface area (Å²) in [7, 11) is 0. The fourth-order valence-electron chi connectivity index (χ4n) is 8.17. The van der Waals surface area contributed by atoms with Gasteiger partial charge in [0, 0.05) is 0 Å². The van der Waals surface area contributed by atoms with Crippen LogP contribution in [0.25, 0.3) is 0 Å². The van der Waals surface area contributed by atoms with Crippen LogP contribution in [0.1, 0.15) is 52.4 Å². The van der Waals surface area contributed by atoms with Crippen LogP contribution in [-0.2, 0) is 38.4 Å². The topological polar surface area (TPSA) is 298 Å². The van der Waals surface area contributed by atoms with Crippen LogP contribution in [0.3, 0.4) is 0 Å². The van der Waals surface area contributed by atoms with E-state index >= 15 is 0 Å². The van der Waals surface area contributed by atoms with Gasteiger partial charge in [-0.25, -0.2) is 0 Å². The monoisotopic (exact) mass is 652 g/mol. The molecule has 0 bridgehead atoms. The fraction of sp³-hybridized carbons (Fsp3) is 0.600. The van der Waals surface area contributed by atoms with Crippen molar-refractivity contribution in [2.45, 2.75) is 52.4 Å². The second-order valence-electron chi connectivity index (χ2n) is 12.4. The first-order valence-electron chi connectivity index (χ1n) is 14.5. The molecule has 0 aliphatic heterocycles. The lowest BCUT2D eigenvalue weighted by atomic mass is 9.54. The molecule has 0 aromatic carbocycles. The Bertz CT molecular complexity index is 1270. The molecular weight excluding hydrogens is 616 g/mol. The summed E-state index contributed by atoms with van der Waals surface area (Å²) in [6, 6.07) is 0. The number of rotatable bonds is 8. The smallest absolute Gasteiger partial charge is 0.311 e. The van der Waals surface area contributed by atoms with Gasteiger partial charge in [0.05, 0.1) is 47.3 Å². The highest BCUT2D eigenvalue weighted by Crippen LogP contribution is 2.53. The Hall–Kier alpha value is -4.76. The Balaban J connectivity index is 0.000000251. The third-order valence-corrected chi connectivity index (χ3v) is 10.0. The number of carboxylic acids is 8. The van der Waals surface area contributed by atoms with Gasteiger partial charge in [0.2, 0.25) is 0 Å². The zero-order valence-corrected chi connectivity index (χ0v) is 24.9. The molecule has 0 saturated heterocycles. The third kappa shape index (κ3) is 6.60. The zero-order valence-electron chi connectivity index (χ0n) is 24.9. The molecule has 4 aliphatic rings. The Labute approximate surface area is 261 Å².